The topological polar surface area (TPSA) is 38.8 Å². The van der Waals surface area contributed by atoms with Crippen molar-refractivity contribution in [2.75, 3.05) is 32.2 Å². The Morgan fingerprint density at radius 2 is 1.56 bits per heavy atom. The molecular weight excluding hydrogens is 230 g/mol. The molecule has 98 valence electrons. The van der Waals surface area contributed by atoms with Crippen LogP contribution in [0, 0.1) is 6.92 Å². The fourth-order valence-corrected chi connectivity index (χ4v) is 2.32. The molecular formula is C14H19NO3. The molecule has 1 saturated heterocycles. The van der Waals surface area contributed by atoms with Crippen molar-refractivity contribution in [3.05, 3.63) is 17.7 Å². The van der Waals surface area contributed by atoms with Gasteiger partial charge in [0.25, 0.3) is 0 Å². The first-order valence-corrected chi connectivity index (χ1v) is 6.15. The number of carbonyl (C=O) groups excluding carboxylic acids is 1. The number of anilines is 1. The highest BCUT2D eigenvalue weighted by molar-refractivity contribution is 5.82. The summed E-state index contributed by atoms with van der Waals surface area (Å²) < 4.78 is 10.9. The summed E-state index contributed by atoms with van der Waals surface area (Å²) in [7, 11) is 3.32. The van der Waals surface area contributed by atoms with E-state index in [1.54, 1.807) is 14.2 Å². The summed E-state index contributed by atoms with van der Waals surface area (Å²) in [6.45, 7) is 3.47. The van der Waals surface area contributed by atoms with Gasteiger partial charge in [0.1, 0.15) is 23.0 Å². The summed E-state index contributed by atoms with van der Waals surface area (Å²) in [6, 6.07) is 3.99. The predicted octanol–water partition coefficient (Wildman–Crippen LogP) is 2.18. The van der Waals surface area contributed by atoms with Crippen molar-refractivity contribution < 1.29 is 14.3 Å². The molecule has 1 aromatic carbocycles. The molecule has 0 N–H and O–H groups in total. The van der Waals surface area contributed by atoms with E-state index < -0.39 is 0 Å². The summed E-state index contributed by atoms with van der Waals surface area (Å²) in [4.78, 5) is 13.5. The number of aryl methyl sites for hydroxylation is 1. The first-order chi connectivity index (χ1) is 8.65. The smallest absolute Gasteiger partial charge is 0.146 e. The van der Waals surface area contributed by atoms with Crippen LogP contribution in [-0.2, 0) is 4.79 Å². The van der Waals surface area contributed by atoms with E-state index in [0.717, 1.165) is 35.8 Å². The molecule has 0 aliphatic carbocycles. The summed E-state index contributed by atoms with van der Waals surface area (Å²) in [5, 5.41) is 0. The minimum Gasteiger partial charge on any atom is -0.494 e. The van der Waals surface area contributed by atoms with Crippen molar-refractivity contribution in [2.24, 2.45) is 0 Å². The Morgan fingerprint density at radius 3 is 2.00 bits per heavy atom. The largest absolute Gasteiger partial charge is 0.494 e. The van der Waals surface area contributed by atoms with Crippen molar-refractivity contribution in [3.63, 3.8) is 0 Å². The molecule has 4 nitrogen and oxygen atoms in total. The van der Waals surface area contributed by atoms with Gasteiger partial charge < -0.3 is 14.4 Å². The molecule has 0 saturated carbocycles. The number of methoxy groups -OCH3 is 2. The number of carbonyl (C=O) groups is 1. The summed E-state index contributed by atoms with van der Waals surface area (Å²) in [5.41, 5.74) is 2.05. The van der Waals surface area contributed by atoms with Gasteiger partial charge in [-0.05, 0) is 24.6 Å². The van der Waals surface area contributed by atoms with Crippen LogP contribution in [0.15, 0.2) is 12.1 Å². The Kier molecular flexibility index (Phi) is 3.75. The second kappa shape index (κ2) is 5.29. The third-order valence-corrected chi connectivity index (χ3v) is 3.26. The molecule has 1 heterocycles. The van der Waals surface area contributed by atoms with E-state index in [4.69, 9.17) is 9.47 Å². The van der Waals surface area contributed by atoms with Crippen LogP contribution in [0.5, 0.6) is 11.5 Å². The van der Waals surface area contributed by atoms with E-state index in [-0.39, 0.29) is 0 Å². The van der Waals surface area contributed by atoms with Gasteiger partial charge in [-0.2, -0.15) is 0 Å². The number of Topliss-reactive ketones (excluding diaryl/α,β-unsaturated/α-hetero) is 1. The first kappa shape index (κ1) is 12.7. The Bertz CT molecular complexity index is 421. The van der Waals surface area contributed by atoms with Crippen LogP contribution in [0.3, 0.4) is 0 Å². The van der Waals surface area contributed by atoms with Crippen molar-refractivity contribution in [1.29, 1.82) is 0 Å². The molecule has 1 aromatic rings. The maximum absolute atomic E-state index is 11.3. The number of benzene rings is 1. The first-order valence-electron chi connectivity index (χ1n) is 6.15. The molecule has 4 heteroatoms. The number of piperidine rings is 1. The fourth-order valence-electron chi connectivity index (χ4n) is 2.32. The van der Waals surface area contributed by atoms with E-state index in [1.165, 1.54) is 0 Å². The van der Waals surface area contributed by atoms with Gasteiger partial charge in [0.2, 0.25) is 0 Å². The average Bonchev–Trinajstić information content (AvgIpc) is 2.39. The monoisotopic (exact) mass is 249 g/mol. The summed E-state index contributed by atoms with van der Waals surface area (Å²) >= 11 is 0. The lowest BCUT2D eigenvalue weighted by Crippen LogP contribution is -2.34. The van der Waals surface area contributed by atoms with Crippen molar-refractivity contribution in [3.8, 4) is 11.5 Å². The van der Waals surface area contributed by atoms with Gasteiger partial charge in [-0.15, -0.1) is 0 Å². The summed E-state index contributed by atoms with van der Waals surface area (Å²) in [5.74, 6) is 1.94. The molecule has 0 aromatic heterocycles. The predicted molar refractivity (Wildman–Crippen MR) is 70.7 cm³/mol. The maximum atomic E-state index is 11.3. The Morgan fingerprint density at radius 1 is 1.06 bits per heavy atom. The van der Waals surface area contributed by atoms with Crippen LogP contribution < -0.4 is 14.4 Å². The van der Waals surface area contributed by atoms with Gasteiger partial charge in [0.15, 0.2) is 0 Å². The zero-order valence-corrected chi connectivity index (χ0v) is 11.2. The number of rotatable bonds is 3. The molecule has 1 aliphatic rings. The highest BCUT2D eigenvalue weighted by Gasteiger charge is 2.23. The van der Waals surface area contributed by atoms with Crippen LogP contribution in [0.2, 0.25) is 0 Å². The number of ether oxygens (including phenoxy) is 2. The highest BCUT2D eigenvalue weighted by atomic mass is 16.5. The van der Waals surface area contributed by atoms with Crippen molar-refractivity contribution in [2.45, 2.75) is 19.8 Å². The molecule has 0 amide bonds. The van der Waals surface area contributed by atoms with Crippen molar-refractivity contribution >= 4 is 11.5 Å². The van der Waals surface area contributed by atoms with Gasteiger partial charge in [0.05, 0.1) is 14.2 Å². The molecule has 0 spiro atoms. The minimum absolute atomic E-state index is 0.330. The molecule has 2 rings (SSSR count). The lowest BCUT2D eigenvalue weighted by molar-refractivity contribution is -0.119. The van der Waals surface area contributed by atoms with Crippen LogP contribution in [-0.4, -0.2) is 33.1 Å². The van der Waals surface area contributed by atoms with E-state index >= 15 is 0 Å². The second-order valence-electron chi connectivity index (χ2n) is 4.54. The van der Waals surface area contributed by atoms with E-state index in [9.17, 15) is 4.79 Å². The van der Waals surface area contributed by atoms with Gasteiger partial charge in [-0.25, -0.2) is 0 Å². The number of nitrogens with zero attached hydrogens (tertiary/aromatic N) is 1. The Balaban J connectivity index is 2.38. The number of ketones is 1. The normalized spacial score (nSPS) is 15.7. The second-order valence-corrected chi connectivity index (χ2v) is 4.54. The number of hydrogen-bond donors (Lipinski definition) is 0. The highest BCUT2D eigenvalue weighted by Crippen LogP contribution is 2.39. The molecule has 18 heavy (non-hydrogen) atoms. The van der Waals surface area contributed by atoms with Gasteiger partial charge in [-0.1, -0.05) is 0 Å². The molecule has 1 fully saturated rings. The van der Waals surface area contributed by atoms with Gasteiger partial charge in [-0.3, -0.25) is 4.79 Å². The standard InChI is InChI=1S/C14H19NO3/c1-10-8-12(17-2)14(13(9-10)18-3)15-6-4-11(16)5-7-15/h8-9H,4-7H2,1-3H3. The Labute approximate surface area is 107 Å². The van der Waals surface area contributed by atoms with E-state index in [0.29, 0.717) is 18.6 Å². The SMILES string of the molecule is COc1cc(C)cc(OC)c1N1CCC(=O)CC1. The van der Waals surface area contributed by atoms with Gasteiger partial charge >= 0.3 is 0 Å². The Hall–Kier alpha value is -1.71. The molecule has 1 aliphatic heterocycles. The lowest BCUT2D eigenvalue weighted by atomic mass is 10.1. The molecule has 0 radical (unpaired) electrons. The van der Waals surface area contributed by atoms with Crippen LogP contribution >= 0.6 is 0 Å². The molecule has 0 atom stereocenters. The molecule has 0 bridgehead atoms. The maximum Gasteiger partial charge on any atom is 0.146 e. The zero-order chi connectivity index (χ0) is 13.1. The zero-order valence-electron chi connectivity index (χ0n) is 11.2. The van der Waals surface area contributed by atoms with Crippen LogP contribution in [0.25, 0.3) is 0 Å². The van der Waals surface area contributed by atoms with E-state index in [2.05, 4.69) is 4.90 Å². The lowest BCUT2D eigenvalue weighted by Gasteiger charge is -2.30. The third-order valence-electron chi connectivity index (χ3n) is 3.26. The van der Waals surface area contributed by atoms with Crippen LogP contribution in [0.4, 0.5) is 5.69 Å². The summed E-state index contributed by atoms with van der Waals surface area (Å²) in [6.07, 6.45) is 1.19. The quantitative estimate of drug-likeness (QED) is 0.823. The molecule has 0 unspecified atom stereocenters. The van der Waals surface area contributed by atoms with Crippen LogP contribution in [0.1, 0.15) is 18.4 Å². The minimum atomic E-state index is 0.330. The third kappa shape index (κ3) is 2.42. The van der Waals surface area contributed by atoms with E-state index in [1.807, 2.05) is 19.1 Å². The van der Waals surface area contributed by atoms with Crippen molar-refractivity contribution in [1.82, 2.24) is 0 Å². The average molecular weight is 249 g/mol. The van der Waals surface area contributed by atoms with Gasteiger partial charge in [0, 0.05) is 25.9 Å². The fraction of sp³-hybridized carbons (Fsp3) is 0.500. The number of hydrogen-bond acceptors (Lipinski definition) is 4.